The molecule has 1 unspecified atom stereocenters. The van der Waals surface area contributed by atoms with Gasteiger partial charge in [0.1, 0.15) is 11.8 Å². The Morgan fingerprint density at radius 2 is 2.05 bits per heavy atom. The summed E-state index contributed by atoms with van der Waals surface area (Å²) < 4.78 is 5.39. The van der Waals surface area contributed by atoms with E-state index in [1.807, 2.05) is 30.3 Å². The number of carbonyl (C=O) groups excluding carboxylic acids is 1. The van der Waals surface area contributed by atoms with Crippen LogP contribution in [0.4, 0.5) is 0 Å². The van der Waals surface area contributed by atoms with Crippen molar-refractivity contribution in [1.29, 1.82) is 0 Å². The summed E-state index contributed by atoms with van der Waals surface area (Å²) in [6.07, 6.45) is 1.56. The first-order valence-corrected chi connectivity index (χ1v) is 5.97. The lowest BCUT2D eigenvalue weighted by Crippen LogP contribution is -2.30. The van der Waals surface area contributed by atoms with Crippen LogP contribution in [0.1, 0.15) is 28.0 Å². The number of rotatable bonds is 4. The van der Waals surface area contributed by atoms with E-state index < -0.39 is 11.9 Å². The van der Waals surface area contributed by atoms with Crippen molar-refractivity contribution in [3.63, 3.8) is 0 Å². The minimum atomic E-state index is -0.427. The number of aromatic amines is 1. The molecule has 2 N–H and O–H groups in total. The van der Waals surface area contributed by atoms with Gasteiger partial charge in [-0.3, -0.25) is 4.79 Å². The number of H-pyrrole nitrogens is 1. The van der Waals surface area contributed by atoms with Crippen LogP contribution in [-0.2, 0) is 0 Å². The van der Waals surface area contributed by atoms with E-state index in [0.29, 0.717) is 5.76 Å². The highest BCUT2D eigenvalue weighted by atomic mass is 16.3. The summed E-state index contributed by atoms with van der Waals surface area (Å²) in [4.78, 5) is 12.0. The van der Waals surface area contributed by atoms with E-state index in [9.17, 15) is 4.79 Å². The van der Waals surface area contributed by atoms with E-state index in [1.54, 1.807) is 18.4 Å². The van der Waals surface area contributed by atoms with Crippen molar-refractivity contribution in [2.45, 2.75) is 6.04 Å². The van der Waals surface area contributed by atoms with Crippen LogP contribution in [0.3, 0.4) is 0 Å². The Balaban J connectivity index is 1.89. The molecule has 1 atom stereocenters. The summed E-state index contributed by atoms with van der Waals surface area (Å²) in [6, 6.07) is 12.7. The third kappa shape index (κ3) is 2.41. The van der Waals surface area contributed by atoms with Crippen molar-refractivity contribution in [2.24, 2.45) is 0 Å². The second-order valence-corrected chi connectivity index (χ2v) is 4.07. The number of carbonyl (C=O) groups is 1. The molecule has 3 rings (SSSR count). The van der Waals surface area contributed by atoms with Crippen molar-refractivity contribution in [1.82, 2.24) is 25.9 Å². The van der Waals surface area contributed by atoms with Crippen LogP contribution in [-0.4, -0.2) is 26.5 Å². The molecule has 0 saturated heterocycles. The molecule has 7 nitrogen and oxygen atoms in total. The third-order valence-corrected chi connectivity index (χ3v) is 2.78. The molecule has 2 heterocycles. The molecule has 1 amide bonds. The molecule has 0 aliphatic heterocycles. The number of amides is 1. The summed E-state index contributed by atoms with van der Waals surface area (Å²) in [7, 11) is 0. The van der Waals surface area contributed by atoms with Crippen LogP contribution >= 0.6 is 0 Å². The van der Waals surface area contributed by atoms with Gasteiger partial charge in [0, 0.05) is 0 Å². The molecule has 0 fully saturated rings. The molecule has 100 valence electrons. The van der Waals surface area contributed by atoms with Crippen LogP contribution in [0.5, 0.6) is 0 Å². The molecular formula is C13H11N5O2. The lowest BCUT2D eigenvalue weighted by atomic mass is 10.0. The van der Waals surface area contributed by atoms with Gasteiger partial charge in [0.25, 0.3) is 11.7 Å². The smallest absolute Gasteiger partial charge is 0.293 e. The largest absolute Gasteiger partial charge is 0.467 e. The maximum Gasteiger partial charge on any atom is 0.293 e. The summed E-state index contributed by atoms with van der Waals surface area (Å²) in [5, 5.41) is 15.7. The Labute approximate surface area is 114 Å². The number of benzene rings is 1. The molecule has 0 saturated carbocycles. The van der Waals surface area contributed by atoms with E-state index in [0.717, 1.165) is 5.56 Å². The Morgan fingerprint density at radius 3 is 2.70 bits per heavy atom. The second-order valence-electron chi connectivity index (χ2n) is 4.07. The lowest BCUT2D eigenvalue weighted by molar-refractivity contribution is 0.0928. The van der Waals surface area contributed by atoms with Crippen LogP contribution in [0.15, 0.2) is 53.1 Å². The van der Waals surface area contributed by atoms with Gasteiger partial charge in [0.05, 0.1) is 6.26 Å². The highest BCUT2D eigenvalue weighted by molar-refractivity contribution is 5.90. The molecular weight excluding hydrogens is 258 g/mol. The van der Waals surface area contributed by atoms with Gasteiger partial charge in [-0.1, -0.05) is 30.3 Å². The fraction of sp³-hybridized carbons (Fsp3) is 0.0769. The zero-order valence-electron chi connectivity index (χ0n) is 10.4. The van der Waals surface area contributed by atoms with Crippen molar-refractivity contribution in [3.05, 3.63) is 65.9 Å². The zero-order valence-corrected chi connectivity index (χ0v) is 10.4. The topological polar surface area (TPSA) is 96.7 Å². The molecule has 0 radical (unpaired) electrons. The van der Waals surface area contributed by atoms with Crippen molar-refractivity contribution in [3.8, 4) is 0 Å². The molecule has 1 aromatic carbocycles. The quantitative estimate of drug-likeness (QED) is 0.744. The van der Waals surface area contributed by atoms with Crippen molar-refractivity contribution < 1.29 is 9.21 Å². The summed E-state index contributed by atoms with van der Waals surface area (Å²) in [6.45, 7) is 0. The van der Waals surface area contributed by atoms with E-state index in [1.165, 1.54) is 0 Å². The lowest BCUT2D eigenvalue weighted by Gasteiger charge is -2.15. The summed E-state index contributed by atoms with van der Waals surface area (Å²) in [5.41, 5.74) is 0.902. The number of hydrogen-bond acceptors (Lipinski definition) is 5. The SMILES string of the molecule is O=C(NC(c1ccccc1)c1ccco1)c1nn[nH]n1. The fourth-order valence-electron chi connectivity index (χ4n) is 1.87. The summed E-state index contributed by atoms with van der Waals surface area (Å²) >= 11 is 0. The summed E-state index contributed by atoms with van der Waals surface area (Å²) in [5.74, 6) is 0.189. The normalized spacial score (nSPS) is 12.0. The number of aromatic nitrogens is 4. The van der Waals surface area contributed by atoms with Gasteiger partial charge in [0.15, 0.2) is 0 Å². The first-order chi connectivity index (χ1) is 9.84. The first-order valence-electron chi connectivity index (χ1n) is 5.97. The van der Waals surface area contributed by atoms with E-state index in [2.05, 4.69) is 25.9 Å². The van der Waals surface area contributed by atoms with Gasteiger partial charge in [-0.2, -0.15) is 5.21 Å². The Kier molecular flexibility index (Phi) is 3.24. The number of furan rings is 1. The van der Waals surface area contributed by atoms with Crippen LogP contribution in [0, 0.1) is 0 Å². The molecule has 20 heavy (non-hydrogen) atoms. The minimum absolute atomic E-state index is 0.0162. The maximum absolute atomic E-state index is 12.0. The molecule has 3 aromatic rings. The molecule has 7 heteroatoms. The predicted molar refractivity (Wildman–Crippen MR) is 68.6 cm³/mol. The molecule has 0 bridgehead atoms. The molecule has 0 aliphatic carbocycles. The van der Waals surface area contributed by atoms with Gasteiger partial charge in [-0.25, -0.2) is 0 Å². The molecule has 0 spiro atoms. The highest BCUT2D eigenvalue weighted by Gasteiger charge is 2.21. The van der Waals surface area contributed by atoms with Crippen LogP contribution in [0.25, 0.3) is 0 Å². The predicted octanol–water partition coefficient (Wildman–Crippen LogP) is 1.31. The minimum Gasteiger partial charge on any atom is -0.467 e. The Morgan fingerprint density at radius 1 is 1.20 bits per heavy atom. The fourth-order valence-corrected chi connectivity index (χ4v) is 1.87. The van der Waals surface area contributed by atoms with Gasteiger partial charge in [-0.15, -0.1) is 10.2 Å². The number of nitrogens with one attached hydrogen (secondary N) is 2. The number of hydrogen-bond donors (Lipinski definition) is 2. The number of tetrazole rings is 1. The van der Waals surface area contributed by atoms with Gasteiger partial charge in [-0.05, 0) is 22.9 Å². The van der Waals surface area contributed by atoms with Crippen LogP contribution in [0.2, 0.25) is 0 Å². The number of nitrogens with zero attached hydrogens (tertiary/aromatic N) is 3. The highest BCUT2D eigenvalue weighted by Crippen LogP contribution is 2.22. The average Bonchev–Trinajstić information content (AvgIpc) is 3.18. The average molecular weight is 269 g/mol. The third-order valence-electron chi connectivity index (χ3n) is 2.78. The van der Waals surface area contributed by atoms with Gasteiger partial charge >= 0.3 is 0 Å². The first kappa shape index (κ1) is 12.1. The Bertz CT molecular complexity index is 664. The van der Waals surface area contributed by atoms with Gasteiger partial charge in [0.2, 0.25) is 0 Å². The van der Waals surface area contributed by atoms with E-state index in [-0.39, 0.29) is 5.82 Å². The Hall–Kier alpha value is -2.96. The van der Waals surface area contributed by atoms with Crippen molar-refractivity contribution in [2.75, 3.05) is 0 Å². The van der Waals surface area contributed by atoms with Crippen molar-refractivity contribution >= 4 is 5.91 Å². The molecule has 2 aromatic heterocycles. The zero-order chi connectivity index (χ0) is 13.8. The second kappa shape index (κ2) is 5.35. The van der Waals surface area contributed by atoms with E-state index in [4.69, 9.17) is 4.42 Å². The van der Waals surface area contributed by atoms with Gasteiger partial charge < -0.3 is 9.73 Å². The molecule has 0 aliphatic rings. The monoisotopic (exact) mass is 269 g/mol. The van der Waals surface area contributed by atoms with E-state index >= 15 is 0 Å². The maximum atomic E-state index is 12.0. The van der Waals surface area contributed by atoms with Crippen LogP contribution < -0.4 is 5.32 Å². The standard InChI is InChI=1S/C13H11N5O2/c19-13(12-15-17-18-16-12)14-11(10-7-4-8-20-10)9-5-2-1-3-6-9/h1-8,11H,(H,14,19)(H,15,16,17,18).